The zero-order valence-corrected chi connectivity index (χ0v) is 22.3. The van der Waals surface area contributed by atoms with E-state index in [1.807, 2.05) is 96.9 Å². The minimum atomic E-state index is -3.05. The fourth-order valence-electron chi connectivity index (χ4n) is 5.01. The first-order valence-corrected chi connectivity index (χ1v) is 14.5. The number of para-hydroxylation sites is 1. The minimum Gasteiger partial charge on any atom is -0.534 e. The summed E-state index contributed by atoms with van der Waals surface area (Å²) in [4.78, 5) is 28.0. The third kappa shape index (κ3) is 4.76. The van der Waals surface area contributed by atoms with Gasteiger partial charge >= 0.3 is 8.32 Å². The molecule has 5 rings (SSSR count). The number of ketones is 2. The molecule has 0 aromatic heterocycles. The summed E-state index contributed by atoms with van der Waals surface area (Å²) in [7, 11) is -1.17. The maximum Gasteiger partial charge on any atom is 0.346 e. The van der Waals surface area contributed by atoms with Crippen molar-refractivity contribution in [2.75, 3.05) is 11.9 Å². The van der Waals surface area contributed by atoms with E-state index in [0.29, 0.717) is 5.76 Å². The third-order valence-electron chi connectivity index (χ3n) is 6.92. The average Bonchev–Trinajstić information content (AvgIpc) is 2.96. The SMILES string of the molecule is C=C(CC(=O)C1=C(N(C)c2ccccc2)CC1=O)O[Si](c1ccccc1)(c1ccccc1)c1ccccc1. The predicted octanol–water partition coefficient (Wildman–Crippen LogP) is 4.51. The van der Waals surface area contributed by atoms with Gasteiger partial charge < -0.3 is 9.33 Å². The van der Waals surface area contributed by atoms with Gasteiger partial charge in [-0.25, -0.2) is 0 Å². The Bertz CT molecular complexity index is 1390. The molecule has 4 aromatic carbocycles. The molecule has 0 saturated carbocycles. The van der Waals surface area contributed by atoms with E-state index in [0.717, 1.165) is 26.9 Å². The number of nitrogens with zero attached hydrogens (tertiary/aromatic N) is 1. The summed E-state index contributed by atoms with van der Waals surface area (Å²) < 4.78 is 6.88. The van der Waals surface area contributed by atoms with Gasteiger partial charge in [0, 0.05) is 18.4 Å². The highest BCUT2D eigenvalue weighted by Gasteiger charge is 2.44. The lowest BCUT2D eigenvalue weighted by molar-refractivity contribution is -0.122. The topological polar surface area (TPSA) is 46.6 Å². The minimum absolute atomic E-state index is 0.0611. The van der Waals surface area contributed by atoms with Gasteiger partial charge in [0.15, 0.2) is 11.6 Å². The first-order chi connectivity index (χ1) is 18.5. The van der Waals surface area contributed by atoms with Crippen molar-refractivity contribution in [3.63, 3.8) is 0 Å². The van der Waals surface area contributed by atoms with Crippen molar-refractivity contribution < 1.29 is 14.0 Å². The van der Waals surface area contributed by atoms with Crippen LogP contribution in [-0.2, 0) is 14.0 Å². The Labute approximate surface area is 224 Å². The van der Waals surface area contributed by atoms with Crippen LogP contribution in [0.4, 0.5) is 5.69 Å². The van der Waals surface area contributed by atoms with Crippen molar-refractivity contribution in [1.29, 1.82) is 0 Å². The van der Waals surface area contributed by atoms with Crippen LogP contribution in [0.25, 0.3) is 0 Å². The molecular formula is C33H29NO3Si. The second-order valence-corrected chi connectivity index (χ2v) is 12.6. The Morgan fingerprint density at radius 2 is 1.18 bits per heavy atom. The number of carbonyl (C=O) groups is 2. The summed E-state index contributed by atoms with van der Waals surface area (Å²) in [5.41, 5.74) is 1.91. The van der Waals surface area contributed by atoms with Gasteiger partial charge in [0.25, 0.3) is 0 Å². The largest absolute Gasteiger partial charge is 0.534 e. The van der Waals surface area contributed by atoms with Crippen LogP contribution < -0.4 is 20.5 Å². The number of allylic oxidation sites excluding steroid dienone is 3. The van der Waals surface area contributed by atoms with Gasteiger partial charge in [-0.15, -0.1) is 0 Å². The molecule has 0 spiro atoms. The Balaban J connectivity index is 1.49. The Morgan fingerprint density at radius 3 is 1.61 bits per heavy atom. The highest BCUT2D eigenvalue weighted by Crippen LogP contribution is 2.32. The van der Waals surface area contributed by atoms with Crippen LogP contribution in [-0.4, -0.2) is 26.9 Å². The van der Waals surface area contributed by atoms with Crippen LogP contribution in [0.3, 0.4) is 0 Å². The summed E-state index contributed by atoms with van der Waals surface area (Å²) in [5.74, 6) is -0.0495. The highest BCUT2D eigenvalue weighted by atomic mass is 28.4. The molecule has 0 heterocycles. The number of rotatable bonds is 10. The molecule has 0 saturated heterocycles. The van der Waals surface area contributed by atoms with E-state index in [2.05, 4.69) is 43.0 Å². The average molecular weight is 516 g/mol. The zero-order chi connectivity index (χ0) is 26.5. The van der Waals surface area contributed by atoms with E-state index in [9.17, 15) is 9.59 Å². The zero-order valence-electron chi connectivity index (χ0n) is 21.3. The maximum atomic E-state index is 13.5. The second-order valence-electron chi connectivity index (χ2n) is 9.34. The van der Waals surface area contributed by atoms with Crippen molar-refractivity contribution in [2.45, 2.75) is 12.8 Å². The summed E-state index contributed by atoms with van der Waals surface area (Å²) >= 11 is 0. The summed E-state index contributed by atoms with van der Waals surface area (Å²) in [6, 6.07) is 40.1. The third-order valence-corrected chi connectivity index (χ3v) is 11.0. The fraction of sp³-hybridized carbons (Fsp3) is 0.0909. The van der Waals surface area contributed by atoms with Crippen LogP contribution in [0.1, 0.15) is 12.8 Å². The molecule has 1 aliphatic rings. The van der Waals surface area contributed by atoms with E-state index in [4.69, 9.17) is 4.43 Å². The molecule has 4 nitrogen and oxygen atoms in total. The van der Waals surface area contributed by atoms with E-state index in [1.165, 1.54) is 0 Å². The molecule has 5 heteroatoms. The normalized spacial score (nSPS) is 13.0. The van der Waals surface area contributed by atoms with Crippen LogP contribution >= 0.6 is 0 Å². The number of hydrogen-bond acceptors (Lipinski definition) is 4. The fourth-order valence-corrected chi connectivity index (χ4v) is 8.85. The van der Waals surface area contributed by atoms with Crippen molar-refractivity contribution in [1.82, 2.24) is 0 Å². The summed E-state index contributed by atoms with van der Waals surface area (Å²) in [6.07, 6.45) is 0.186. The van der Waals surface area contributed by atoms with Crippen molar-refractivity contribution >= 4 is 41.1 Å². The molecule has 4 aromatic rings. The Hall–Kier alpha value is -4.48. The number of anilines is 1. The monoisotopic (exact) mass is 515 g/mol. The van der Waals surface area contributed by atoms with Crippen LogP contribution in [0.2, 0.25) is 0 Å². The summed E-state index contributed by atoms with van der Waals surface area (Å²) in [5, 5.41) is 3.15. The smallest absolute Gasteiger partial charge is 0.346 e. The molecule has 0 aliphatic heterocycles. The molecule has 0 fully saturated rings. The van der Waals surface area contributed by atoms with E-state index in [1.54, 1.807) is 0 Å². The highest BCUT2D eigenvalue weighted by molar-refractivity contribution is 7.07. The van der Waals surface area contributed by atoms with Crippen molar-refractivity contribution in [3.05, 3.63) is 145 Å². The molecule has 0 radical (unpaired) electrons. The lowest BCUT2D eigenvalue weighted by Crippen LogP contribution is -2.69. The maximum absolute atomic E-state index is 13.5. The number of Topliss-reactive ketones (excluding diaryl/α,β-unsaturated/α-hetero) is 2. The van der Waals surface area contributed by atoms with Gasteiger partial charge in [-0.1, -0.05) is 116 Å². The lowest BCUT2D eigenvalue weighted by atomic mass is 9.86. The first kappa shape index (κ1) is 25.2. The quantitative estimate of drug-likeness (QED) is 0.135. The number of benzene rings is 4. The Morgan fingerprint density at radius 1 is 0.763 bits per heavy atom. The van der Waals surface area contributed by atoms with E-state index in [-0.39, 0.29) is 30.0 Å². The second kappa shape index (κ2) is 10.9. The van der Waals surface area contributed by atoms with E-state index < -0.39 is 8.32 Å². The molecule has 0 atom stereocenters. The number of carbonyl (C=O) groups excluding carboxylic acids is 2. The molecule has 0 N–H and O–H groups in total. The molecule has 0 bridgehead atoms. The lowest BCUT2D eigenvalue weighted by Gasteiger charge is -2.35. The first-order valence-electron chi connectivity index (χ1n) is 12.6. The molecule has 0 unspecified atom stereocenters. The van der Waals surface area contributed by atoms with Gasteiger partial charge in [0.05, 0.1) is 24.2 Å². The molecule has 188 valence electrons. The van der Waals surface area contributed by atoms with Gasteiger partial charge in [-0.3, -0.25) is 9.59 Å². The molecular weight excluding hydrogens is 486 g/mol. The van der Waals surface area contributed by atoms with Crippen molar-refractivity contribution in [2.24, 2.45) is 0 Å². The van der Waals surface area contributed by atoms with E-state index >= 15 is 0 Å². The van der Waals surface area contributed by atoms with Gasteiger partial charge in [-0.2, -0.15) is 0 Å². The number of hydrogen-bond donors (Lipinski definition) is 0. The van der Waals surface area contributed by atoms with Gasteiger partial charge in [0.1, 0.15) is 0 Å². The molecule has 0 amide bonds. The molecule has 38 heavy (non-hydrogen) atoms. The predicted molar refractivity (Wildman–Crippen MR) is 155 cm³/mol. The summed E-state index contributed by atoms with van der Waals surface area (Å²) in [6.45, 7) is 4.19. The van der Waals surface area contributed by atoms with Gasteiger partial charge in [0.2, 0.25) is 0 Å². The van der Waals surface area contributed by atoms with Crippen LogP contribution in [0.5, 0.6) is 0 Å². The Kier molecular flexibility index (Phi) is 7.20. The molecule has 1 aliphatic carbocycles. The standard InChI is InChI=1S/C33H29NO3Si/c1-25(23-31(35)33-30(24-32(33)36)34(2)26-15-7-3-8-16-26)37-38(27-17-9-4-10-18-27,28-19-11-5-12-20-28)29-21-13-6-14-22-29/h3-22H,1,23-24H2,2H3. The van der Waals surface area contributed by atoms with Gasteiger partial charge in [-0.05, 0) is 27.7 Å². The van der Waals surface area contributed by atoms with Crippen molar-refractivity contribution in [3.8, 4) is 0 Å². The van der Waals surface area contributed by atoms with Crippen LogP contribution in [0, 0.1) is 0 Å². The van der Waals surface area contributed by atoms with Crippen LogP contribution in [0.15, 0.2) is 145 Å².